The molecule has 24 heavy (non-hydrogen) atoms. The van der Waals surface area contributed by atoms with Gasteiger partial charge < -0.3 is 9.26 Å². The van der Waals surface area contributed by atoms with E-state index in [1.54, 1.807) is 0 Å². The van der Waals surface area contributed by atoms with E-state index >= 15 is 0 Å². The molecule has 3 heterocycles. The summed E-state index contributed by atoms with van der Waals surface area (Å²) in [7, 11) is 0. The quantitative estimate of drug-likeness (QED) is 0.781. The van der Waals surface area contributed by atoms with Crippen molar-refractivity contribution in [1.82, 2.24) is 19.8 Å². The first-order valence-electron chi connectivity index (χ1n) is 8.99. The molecule has 130 valence electrons. The van der Waals surface area contributed by atoms with Gasteiger partial charge in [0.1, 0.15) is 5.76 Å². The summed E-state index contributed by atoms with van der Waals surface area (Å²) in [6.07, 6.45) is 4.95. The molecule has 6 nitrogen and oxygen atoms in total. The Labute approximate surface area is 142 Å². The van der Waals surface area contributed by atoms with Crippen molar-refractivity contribution < 1.29 is 9.26 Å². The largest absolute Gasteiger partial charge is 0.381 e. The van der Waals surface area contributed by atoms with E-state index in [4.69, 9.17) is 14.4 Å². The second kappa shape index (κ2) is 6.69. The maximum absolute atomic E-state index is 5.73. The maximum atomic E-state index is 5.73. The minimum Gasteiger partial charge on any atom is -0.381 e. The van der Waals surface area contributed by atoms with E-state index in [2.05, 4.69) is 20.9 Å². The van der Waals surface area contributed by atoms with Gasteiger partial charge in [-0.05, 0) is 32.6 Å². The molecule has 0 saturated heterocycles. The summed E-state index contributed by atoms with van der Waals surface area (Å²) >= 11 is 0. The Balaban J connectivity index is 1.51. The molecule has 2 aromatic heterocycles. The molecular formula is C18H26N4O2. The van der Waals surface area contributed by atoms with Crippen molar-refractivity contribution in [1.29, 1.82) is 0 Å². The maximum Gasteiger partial charge on any atom is 0.133 e. The van der Waals surface area contributed by atoms with Crippen LogP contribution in [0.4, 0.5) is 0 Å². The molecule has 0 unspecified atom stereocenters. The van der Waals surface area contributed by atoms with Gasteiger partial charge in [-0.2, -0.15) is 5.10 Å². The van der Waals surface area contributed by atoms with Gasteiger partial charge in [0.25, 0.3) is 0 Å². The van der Waals surface area contributed by atoms with E-state index in [0.717, 1.165) is 56.8 Å². The predicted molar refractivity (Wildman–Crippen MR) is 89.5 cm³/mol. The molecule has 6 heteroatoms. The van der Waals surface area contributed by atoms with Gasteiger partial charge in [0.2, 0.25) is 0 Å². The average molecular weight is 330 g/mol. The van der Waals surface area contributed by atoms with E-state index in [1.807, 2.05) is 19.9 Å². The lowest BCUT2D eigenvalue weighted by molar-refractivity contribution is 0.103. The average Bonchev–Trinajstić information content (AvgIpc) is 3.13. The fourth-order valence-electron chi connectivity index (χ4n) is 3.54. The summed E-state index contributed by atoms with van der Waals surface area (Å²) in [4.78, 5) is 2.42. The van der Waals surface area contributed by atoms with Crippen LogP contribution in [0.15, 0.2) is 16.8 Å². The molecule has 0 spiro atoms. The molecule has 0 bridgehead atoms. The summed E-state index contributed by atoms with van der Waals surface area (Å²) in [6, 6.07) is 2.02. The molecular weight excluding hydrogens is 304 g/mol. The molecule has 1 saturated carbocycles. The third-order valence-electron chi connectivity index (χ3n) is 4.86. The van der Waals surface area contributed by atoms with Gasteiger partial charge in [0.15, 0.2) is 0 Å². The minimum absolute atomic E-state index is 0.335. The van der Waals surface area contributed by atoms with E-state index in [-0.39, 0.29) is 0 Å². The van der Waals surface area contributed by atoms with Crippen molar-refractivity contribution >= 4 is 0 Å². The second-order valence-electron chi connectivity index (χ2n) is 7.16. The number of ether oxygens (including phenoxy) is 1. The molecule has 0 radical (unpaired) electrons. The molecule has 1 aliphatic heterocycles. The summed E-state index contributed by atoms with van der Waals surface area (Å²) in [5.41, 5.74) is 3.57. The highest BCUT2D eigenvalue weighted by Crippen LogP contribution is 2.33. The Bertz CT molecular complexity index is 689. The van der Waals surface area contributed by atoms with Crippen molar-refractivity contribution in [2.75, 3.05) is 19.8 Å². The molecule has 1 atom stereocenters. The van der Waals surface area contributed by atoms with Crippen molar-refractivity contribution in [2.24, 2.45) is 5.92 Å². The number of aryl methyl sites for hydroxylation is 1. The van der Waals surface area contributed by atoms with Crippen LogP contribution in [-0.2, 0) is 24.4 Å². The molecule has 0 N–H and O–H groups in total. The van der Waals surface area contributed by atoms with Crippen LogP contribution < -0.4 is 0 Å². The summed E-state index contributed by atoms with van der Waals surface area (Å²) in [5.74, 6) is 2.04. The molecule has 4 rings (SSSR count). The fourth-order valence-corrected chi connectivity index (χ4v) is 3.54. The van der Waals surface area contributed by atoms with Crippen LogP contribution in [0.5, 0.6) is 0 Å². The Morgan fingerprint density at radius 3 is 2.96 bits per heavy atom. The zero-order valence-corrected chi connectivity index (χ0v) is 14.6. The fraction of sp³-hybridized carbons (Fsp3) is 0.667. The molecule has 2 aromatic rings. The lowest BCUT2D eigenvalue weighted by Gasteiger charge is -2.31. The Morgan fingerprint density at radius 2 is 2.25 bits per heavy atom. The first kappa shape index (κ1) is 15.8. The Hall–Kier alpha value is -1.66. The highest BCUT2D eigenvalue weighted by Gasteiger charge is 2.30. The van der Waals surface area contributed by atoms with E-state index < -0.39 is 0 Å². The third-order valence-corrected chi connectivity index (χ3v) is 4.86. The standard InChI is InChI=1S/C18H26N4O2/c1-3-23-12-16-9-21(11-17-6-13(2)24-20-17)8-15-10-22(19-18(15)16)7-14-4-5-14/h6,10,14,16H,3-5,7-9,11-12H2,1-2H3/t16-/m1/s1. The topological polar surface area (TPSA) is 56.3 Å². The zero-order valence-electron chi connectivity index (χ0n) is 14.6. The van der Waals surface area contributed by atoms with E-state index in [9.17, 15) is 0 Å². The molecule has 2 aliphatic rings. The normalized spacial score (nSPS) is 21.2. The van der Waals surface area contributed by atoms with Crippen LogP contribution in [0.1, 0.15) is 48.4 Å². The van der Waals surface area contributed by atoms with Gasteiger partial charge in [-0.25, -0.2) is 0 Å². The van der Waals surface area contributed by atoms with Gasteiger partial charge in [-0.1, -0.05) is 5.16 Å². The van der Waals surface area contributed by atoms with Crippen LogP contribution in [-0.4, -0.2) is 39.6 Å². The van der Waals surface area contributed by atoms with E-state index in [1.165, 1.54) is 24.1 Å². The number of hydrogen-bond acceptors (Lipinski definition) is 5. The van der Waals surface area contributed by atoms with Crippen LogP contribution in [0.2, 0.25) is 0 Å². The Kier molecular flexibility index (Phi) is 4.41. The van der Waals surface area contributed by atoms with Gasteiger partial charge in [0.05, 0.1) is 18.0 Å². The van der Waals surface area contributed by atoms with Gasteiger partial charge >= 0.3 is 0 Å². The number of nitrogens with zero attached hydrogens (tertiary/aromatic N) is 4. The lowest BCUT2D eigenvalue weighted by atomic mass is 9.97. The number of fused-ring (bicyclic) bond motifs is 1. The lowest BCUT2D eigenvalue weighted by Crippen LogP contribution is -2.35. The number of aromatic nitrogens is 3. The van der Waals surface area contributed by atoms with Crippen molar-refractivity contribution in [3.8, 4) is 0 Å². The smallest absolute Gasteiger partial charge is 0.133 e. The zero-order chi connectivity index (χ0) is 16.5. The molecule has 0 amide bonds. The molecule has 0 aromatic carbocycles. The highest BCUT2D eigenvalue weighted by molar-refractivity contribution is 5.25. The SMILES string of the molecule is CCOC[C@H]1CN(Cc2cc(C)on2)Cc2cn(CC3CC3)nc21. The first-order chi connectivity index (χ1) is 11.7. The number of rotatable bonds is 7. The van der Waals surface area contributed by atoms with Crippen LogP contribution >= 0.6 is 0 Å². The summed E-state index contributed by atoms with van der Waals surface area (Å²) in [6.45, 7) is 9.23. The minimum atomic E-state index is 0.335. The van der Waals surface area contributed by atoms with Gasteiger partial charge in [0, 0.05) is 56.5 Å². The van der Waals surface area contributed by atoms with Crippen molar-refractivity contribution in [2.45, 2.75) is 52.2 Å². The summed E-state index contributed by atoms with van der Waals surface area (Å²) < 4.78 is 13.1. The number of hydrogen-bond donors (Lipinski definition) is 0. The van der Waals surface area contributed by atoms with Gasteiger partial charge in [-0.15, -0.1) is 0 Å². The first-order valence-corrected chi connectivity index (χ1v) is 8.99. The monoisotopic (exact) mass is 330 g/mol. The molecule has 1 aliphatic carbocycles. The van der Waals surface area contributed by atoms with Crippen LogP contribution in [0.25, 0.3) is 0 Å². The van der Waals surface area contributed by atoms with Crippen LogP contribution in [0, 0.1) is 12.8 Å². The summed E-state index contributed by atoms with van der Waals surface area (Å²) in [5, 5.41) is 9.02. The Morgan fingerprint density at radius 1 is 1.38 bits per heavy atom. The predicted octanol–water partition coefficient (Wildman–Crippen LogP) is 2.73. The van der Waals surface area contributed by atoms with Crippen molar-refractivity contribution in [3.63, 3.8) is 0 Å². The third kappa shape index (κ3) is 3.54. The highest BCUT2D eigenvalue weighted by atomic mass is 16.5. The van der Waals surface area contributed by atoms with Gasteiger partial charge in [-0.3, -0.25) is 9.58 Å². The second-order valence-corrected chi connectivity index (χ2v) is 7.16. The van der Waals surface area contributed by atoms with Crippen molar-refractivity contribution in [3.05, 3.63) is 35.0 Å². The van der Waals surface area contributed by atoms with Crippen LogP contribution in [0.3, 0.4) is 0 Å². The molecule has 1 fully saturated rings. The van der Waals surface area contributed by atoms with E-state index in [0.29, 0.717) is 5.92 Å².